The van der Waals surface area contributed by atoms with Crippen molar-refractivity contribution < 1.29 is 4.57 Å². The third kappa shape index (κ3) is 1.97. The molecular formula is C23H24N+. The number of fused-ring (bicyclic) bond motifs is 3. The molecule has 4 rings (SSSR count). The fourth-order valence-electron chi connectivity index (χ4n) is 4.20. The SMILES string of the molecule is Cc1cc2c(cc1-c1cccc[n+]1C)C(C)(C)c1cccc(C)c1-2. The Morgan fingerprint density at radius 3 is 2.33 bits per heavy atom. The molecule has 24 heavy (non-hydrogen) atoms. The van der Waals surface area contributed by atoms with E-state index in [0.717, 1.165) is 0 Å². The first-order valence-corrected chi connectivity index (χ1v) is 8.62. The van der Waals surface area contributed by atoms with E-state index in [4.69, 9.17) is 0 Å². The molecule has 0 bridgehead atoms. The zero-order valence-corrected chi connectivity index (χ0v) is 15.1. The van der Waals surface area contributed by atoms with Crippen LogP contribution in [0.15, 0.2) is 54.7 Å². The van der Waals surface area contributed by atoms with Crippen molar-refractivity contribution in [2.45, 2.75) is 33.1 Å². The van der Waals surface area contributed by atoms with Crippen LogP contribution in [0.1, 0.15) is 36.1 Å². The minimum atomic E-state index is 0.0481. The van der Waals surface area contributed by atoms with Gasteiger partial charge in [0.25, 0.3) is 0 Å². The van der Waals surface area contributed by atoms with E-state index in [1.165, 1.54) is 44.6 Å². The monoisotopic (exact) mass is 314 g/mol. The molecular weight excluding hydrogens is 290 g/mol. The molecule has 1 aliphatic rings. The van der Waals surface area contributed by atoms with E-state index in [-0.39, 0.29) is 5.41 Å². The number of rotatable bonds is 1. The number of aryl methyl sites for hydroxylation is 3. The van der Waals surface area contributed by atoms with Crippen LogP contribution in [0, 0.1) is 13.8 Å². The fourth-order valence-corrected chi connectivity index (χ4v) is 4.20. The molecule has 0 N–H and O–H groups in total. The van der Waals surface area contributed by atoms with E-state index < -0.39 is 0 Å². The molecule has 1 heterocycles. The lowest BCUT2D eigenvalue weighted by Crippen LogP contribution is -2.30. The molecule has 0 atom stereocenters. The highest BCUT2D eigenvalue weighted by atomic mass is 14.9. The number of benzene rings is 2. The maximum atomic E-state index is 2.42. The Hall–Kier alpha value is -2.41. The summed E-state index contributed by atoms with van der Waals surface area (Å²) in [4.78, 5) is 0. The molecule has 0 fully saturated rings. The highest BCUT2D eigenvalue weighted by molar-refractivity contribution is 5.86. The van der Waals surface area contributed by atoms with Crippen LogP contribution in [0.5, 0.6) is 0 Å². The lowest BCUT2D eigenvalue weighted by Gasteiger charge is -2.22. The smallest absolute Gasteiger partial charge is 0.201 e. The molecule has 0 saturated heterocycles. The third-order valence-corrected chi connectivity index (χ3v) is 5.58. The molecule has 1 heteroatoms. The minimum absolute atomic E-state index is 0.0481. The van der Waals surface area contributed by atoms with Gasteiger partial charge in [0.1, 0.15) is 7.05 Å². The molecule has 0 amide bonds. The van der Waals surface area contributed by atoms with Gasteiger partial charge in [-0.1, -0.05) is 38.1 Å². The average Bonchev–Trinajstić information content (AvgIpc) is 2.76. The van der Waals surface area contributed by atoms with Gasteiger partial charge in [-0.05, 0) is 59.4 Å². The van der Waals surface area contributed by atoms with Gasteiger partial charge in [-0.3, -0.25) is 0 Å². The van der Waals surface area contributed by atoms with Gasteiger partial charge in [-0.25, -0.2) is 4.57 Å². The lowest BCUT2D eigenvalue weighted by atomic mass is 9.81. The first-order valence-electron chi connectivity index (χ1n) is 8.62. The summed E-state index contributed by atoms with van der Waals surface area (Å²) in [5.41, 5.74) is 11.1. The normalized spacial score (nSPS) is 14.4. The second-order valence-electron chi connectivity index (χ2n) is 7.53. The van der Waals surface area contributed by atoms with Crippen molar-refractivity contribution in [2.75, 3.05) is 0 Å². The Kier molecular flexibility index (Phi) is 3.18. The molecule has 0 unspecified atom stereocenters. The lowest BCUT2D eigenvalue weighted by molar-refractivity contribution is -0.660. The van der Waals surface area contributed by atoms with Gasteiger partial charge < -0.3 is 0 Å². The van der Waals surface area contributed by atoms with Crippen LogP contribution >= 0.6 is 0 Å². The molecule has 0 aliphatic heterocycles. The molecule has 0 saturated carbocycles. The molecule has 1 aliphatic carbocycles. The molecule has 0 radical (unpaired) electrons. The molecule has 3 aromatic rings. The third-order valence-electron chi connectivity index (χ3n) is 5.58. The minimum Gasteiger partial charge on any atom is -0.201 e. The van der Waals surface area contributed by atoms with Crippen molar-refractivity contribution in [1.82, 2.24) is 0 Å². The summed E-state index contributed by atoms with van der Waals surface area (Å²) in [6, 6.07) is 17.9. The topological polar surface area (TPSA) is 3.88 Å². The van der Waals surface area contributed by atoms with Gasteiger partial charge in [0, 0.05) is 23.1 Å². The van der Waals surface area contributed by atoms with E-state index in [9.17, 15) is 0 Å². The van der Waals surface area contributed by atoms with Crippen LogP contribution in [0.4, 0.5) is 0 Å². The summed E-state index contributed by atoms with van der Waals surface area (Å²) in [6.45, 7) is 9.15. The van der Waals surface area contributed by atoms with Crippen molar-refractivity contribution in [3.05, 3.63) is 77.0 Å². The highest BCUT2D eigenvalue weighted by Gasteiger charge is 2.37. The Bertz CT molecular complexity index is 964. The molecule has 2 aromatic carbocycles. The fraction of sp³-hybridized carbons (Fsp3) is 0.261. The van der Waals surface area contributed by atoms with Crippen LogP contribution in [0.2, 0.25) is 0 Å². The number of nitrogens with zero attached hydrogens (tertiary/aromatic N) is 1. The highest BCUT2D eigenvalue weighted by Crippen LogP contribution is 2.51. The Balaban J connectivity index is 2.03. The van der Waals surface area contributed by atoms with Crippen LogP contribution in [-0.4, -0.2) is 0 Å². The average molecular weight is 314 g/mol. The van der Waals surface area contributed by atoms with Crippen molar-refractivity contribution in [3.8, 4) is 22.4 Å². The predicted octanol–water partition coefficient (Wildman–Crippen LogP) is 5.10. The molecule has 120 valence electrons. The summed E-state index contributed by atoms with van der Waals surface area (Å²) < 4.78 is 2.20. The maximum absolute atomic E-state index is 2.42. The van der Waals surface area contributed by atoms with Gasteiger partial charge in [0.2, 0.25) is 5.69 Å². The van der Waals surface area contributed by atoms with E-state index >= 15 is 0 Å². The number of hydrogen-bond acceptors (Lipinski definition) is 0. The summed E-state index contributed by atoms with van der Waals surface area (Å²) in [5.74, 6) is 0. The zero-order chi connectivity index (χ0) is 17.1. The van der Waals surface area contributed by atoms with E-state index in [1.54, 1.807) is 0 Å². The van der Waals surface area contributed by atoms with Gasteiger partial charge in [0.15, 0.2) is 6.20 Å². The van der Waals surface area contributed by atoms with Gasteiger partial charge in [-0.2, -0.15) is 0 Å². The zero-order valence-electron chi connectivity index (χ0n) is 15.1. The van der Waals surface area contributed by atoms with Crippen molar-refractivity contribution in [3.63, 3.8) is 0 Å². The van der Waals surface area contributed by atoms with Gasteiger partial charge >= 0.3 is 0 Å². The second kappa shape index (κ2) is 5.04. The standard InChI is InChI=1S/C23H24N/c1-15-9-8-10-19-22(15)18-13-16(2)17(14-20(18)23(19,3)4)21-11-6-7-12-24(21)5/h6-14H,1-5H3/q+1. The van der Waals surface area contributed by atoms with Crippen LogP contribution < -0.4 is 4.57 Å². The number of hydrogen-bond donors (Lipinski definition) is 0. The summed E-state index contributed by atoms with van der Waals surface area (Å²) in [6.07, 6.45) is 2.12. The summed E-state index contributed by atoms with van der Waals surface area (Å²) in [7, 11) is 2.12. The quantitative estimate of drug-likeness (QED) is 0.550. The van der Waals surface area contributed by atoms with Crippen molar-refractivity contribution >= 4 is 0 Å². The molecule has 1 aromatic heterocycles. The van der Waals surface area contributed by atoms with E-state index in [2.05, 4.69) is 94.0 Å². The van der Waals surface area contributed by atoms with Crippen molar-refractivity contribution in [1.29, 1.82) is 0 Å². The largest absolute Gasteiger partial charge is 0.212 e. The summed E-state index contributed by atoms with van der Waals surface area (Å²) in [5, 5.41) is 0. The Labute approximate surface area is 144 Å². The number of pyridine rings is 1. The Morgan fingerprint density at radius 1 is 0.792 bits per heavy atom. The molecule has 1 nitrogen and oxygen atoms in total. The second-order valence-corrected chi connectivity index (χ2v) is 7.53. The Morgan fingerprint density at radius 2 is 1.58 bits per heavy atom. The van der Waals surface area contributed by atoms with Crippen LogP contribution in [0.3, 0.4) is 0 Å². The van der Waals surface area contributed by atoms with Crippen LogP contribution in [0.25, 0.3) is 22.4 Å². The molecule has 0 spiro atoms. The summed E-state index contributed by atoms with van der Waals surface area (Å²) >= 11 is 0. The van der Waals surface area contributed by atoms with Gasteiger partial charge in [0.05, 0.1) is 0 Å². The van der Waals surface area contributed by atoms with E-state index in [0.29, 0.717) is 0 Å². The first kappa shape index (κ1) is 15.1. The maximum Gasteiger partial charge on any atom is 0.212 e. The first-order chi connectivity index (χ1) is 11.4. The van der Waals surface area contributed by atoms with Crippen molar-refractivity contribution in [2.24, 2.45) is 7.05 Å². The predicted molar refractivity (Wildman–Crippen MR) is 100 cm³/mol. The van der Waals surface area contributed by atoms with Gasteiger partial charge in [-0.15, -0.1) is 0 Å². The van der Waals surface area contributed by atoms with Crippen LogP contribution in [-0.2, 0) is 12.5 Å². The van der Waals surface area contributed by atoms with E-state index in [1.807, 2.05) is 0 Å². The number of aromatic nitrogens is 1.